The van der Waals surface area contributed by atoms with Gasteiger partial charge in [-0.05, 0) is 57.0 Å². The molecule has 1 aliphatic heterocycles. The van der Waals surface area contributed by atoms with Gasteiger partial charge in [0.05, 0.1) is 4.90 Å². The topological polar surface area (TPSA) is 65.1 Å². The highest BCUT2D eigenvalue weighted by atomic mass is 32.2. The molecule has 0 aliphatic carbocycles. The van der Waals surface area contributed by atoms with Gasteiger partial charge in [0.2, 0.25) is 0 Å². The van der Waals surface area contributed by atoms with Crippen LogP contribution in [0.15, 0.2) is 53.4 Å². The van der Waals surface area contributed by atoms with Crippen LogP contribution >= 0.6 is 0 Å². The predicted molar refractivity (Wildman–Crippen MR) is 142 cm³/mol. The van der Waals surface area contributed by atoms with Crippen LogP contribution in [0.2, 0.25) is 0 Å². The molecule has 1 N–H and O–H groups in total. The van der Waals surface area contributed by atoms with Crippen molar-refractivity contribution in [1.29, 1.82) is 0 Å². The molecule has 0 spiro atoms. The van der Waals surface area contributed by atoms with E-state index in [0.29, 0.717) is 29.8 Å². The van der Waals surface area contributed by atoms with Gasteiger partial charge in [0.1, 0.15) is 16.7 Å². The molecule has 2 aromatic carbocycles. The molecule has 0 saturated carbocycles. The van der Waals surface area contributed by atoms with Crippen molar-refractivity contribution < 1.29 is 13.7 Å². The van der Waals surface area contributed by atoms with Crippen molar-refractivity contribution in [2.24, 2.45) is 0 Å². The molecule has 2 aromatic rings. The van der Waals surface area contributed by atoms with E-state index in [4.69, 9.17) is 4.74 Å². The minimum Gasteiger partial charge on any atom is -0.482 e. The number of para-hydroxylation sites is 1. The molecule has 0 radical (unpaired) electrons. The summed E-state index contributed by atoms with van der Waals surface area (Å²) < 4.78 is 20.6. The molecule has 7 nitrogen and oxygen atoms in total. The van der Waals surface area contributed by atoms with E-state index in [1.165, 1.54) is 11.1 Å². The molecule has 0 bridgehead atoms. The smallest absolute Gasteiger partial charge is 0.257 e. The first-order valence-electron chi connectivity index (χ1n) is 12.5. The molecule has 0 fully saturated rings. The minimum atomic E-state index is -1.37. The molecular weight excluding hydrogens is 460 g/mol. The summed E-state index contributed by atoms with van der Waals surface area (Å²) in [6.45, 7) is 9.26. The predicted octanol–water partition coefficient (Wildman–Crippen LogP) is 2.92. The fourth-order valence-electron chi connectivity index (χ4n) is 3.99. The average Bonchev–Trinajstić information content (AvgIpc) is 2.87. The second-order valence-corrected chi connectivity index (χ2v) is 11.0. The lowest BCUT2D eigenvalue weighted by atomic mass is 10.00. The van der Waals surface area contributed by atoms with E-state index < -0.39 is 11.0 Å². The third kappa shape index (κ3) is 8.42. The normalized spacial score (nSPS) is 14.8. The number of hydrogen-bond donors (Lipinski definition) is 1. The molecule has 1 heterocycles. The minimum absolute atomic E-state index is 0.0922. The lowest BCUT2D eigenvalue weighted by Crippen LogP contribution is -2.35. The van der Waals surface area contributed by atoms with E-state index in [9.17, 15) is 9.00 Å². The van der Waals surface area contributed by atoms with Gasteiger partial charge >= 0.3 is 0 Å². The Balaban J connectivity index is 1.39. The number of nitrogens with zero attached hydrogens (tertiary/aromatic N) is 3. The summed E-state index contributed by atoms with van der Waals surface area (Å²) >= 11 is 0. The summed E-state index contributed by atoms with van der Waals surface area (Å²) in [5, 5.41) is 2.94. The van der Waals surface area contributed by atoms with Crippen LogP contribution in [0, 0.1) is 0 Å². The Morgan fingerprint density at radius 3 is 2.57 bits per heavy atom. The number of carbonyl (C=O) groups is 1. The van der Waals surface area contributed by atoms with E-state index in [1.54, 1.807) is 16.4 Å². The van der Waals surface area contributed by atoms with E-state index in [0.717, 1.165) is 39.0 Å². The molecule has 1 unspecified atom stereocenters. The number of nitrogens with one attached hydrogen (secondary N) is 1. The molecule has 192 valence electrons. The standard InChI is InChI=1S/C27H40N4O3S/c1-22(2)29(3)18-19-30(4)35(33)26-13-8-7-12-25(26)34-21-27(32)28-15-9-16-31-17-14-23-10-5-6-11-24(23)20-31/h5-8,10-13,22H,9,14-21H2,1-4H3,(H,28,32). The second-order valence-electron chi connectivity index (χ2n) is 9.41. The first-order chi connectivity index (χ1) is 16.8. The van der Waals surface area contributed by atoms with Gasteiger partial charge in [0.15, 0.2) is 6.61 Å². The summed E-state index contributed by atoms with van der Waals surface area (Å²) in [5.41, 5.74) is 2.86. The molecule has 0 saturated heterocycles. The van der Waals surface area contributed by atoms with Crippen LogP contribution in [0.25, 0.3) is 0 Å². The Bertz CT molecular complexity index is 984. The first kappa shape index (κ1) is 27.3. The molecule has 1 amide bonds. The lowest BCUT2D eigenvalue weighted by molar-refractivity contribution is -0.123. The van der Waals surface area contributed by atoms with Gasteiger partial charge in [-0.3, -0.25) is 9.69 Å². The highest BCUT2D eigenvalue weighted by molar-refractivity contribution is 7.82. The van der Waals surface area contributed by atoms with Crippen LogP contribution < -0.4 is 10.1 Å². The first-order valence-corrected chi connectivity index (χ1v) is 13.6. The highest BCUT2D eigenvalue weighted by Crippen LogP contribution is 2.23. The van der Waals surface area contributed by atoms with Crippen molar-refractivity contribution in [3.63, 3.8) is 0 Å². The molecule has 8 heteroatoms. The maximum atomic E-state index is 13.1. The van der Waals surface area contributed by atoms with Crippen LogP contribution in [-0.4, -0.2) is 83.7 Å². The molecule has 3 rings (SSSR count). The zero-order valence-electron chi connectivity index (χ0n) is 21.5. The van der Waals surface area contributed by atoms with Gasteiger partial charge in [-0.25, -0.2) is 8.51 Å². The Hall–Kier alpha value is -2.26. The van der Waals surface area contributed by atoms with Crippen LogP contribution in [0.1, 0.15) is 31.4 Å². The van der Waals surface area contributed by atoms with Crippen molar-refractivity contribution in [2.45, 2.75) is 44.2 Å². The Kier molecular flexibility index (Phi) is 10.7. The Morgan fingerprint density at radius 1 is 1.09 bits per heavy atom. The van der Waals surface area contributed by atoms with E-state index in [2.05, 4.69) is 60.3 Å². The summed E-state index contributed by atoms with van der Waals surface area (Å²) in [7, 11) is 2.53. The molecule has 0 aromatic heterocycles. The number of hydrogen-bond acceptors (Lipinski definition) is 5. The zero-order valence-corrected chi connectivity index (χ0v) is 22.4. The fourth-order valence-corrected chi connectivity index (χ4v) is 5.07. The van der Waals surface area contributed by atoms with Crippen LogP contribution in [0.5, 0.6) is 5.75 Å². The number of rotatable bonds is 13. The van der Waals surface area contributed by atoms with Gasteiger partial charge in [-0.1, -0.05) is 36.4 Å². The van der Waals surface area contributed by atoms with E-state index >= 15 is 0 Å². The third-order valence-corrected chi connectivity index (χ3v) is 7.97. The average molecular weight is 501 g/mol. The van der Waals surface area contributed by atoms with Gasteiger partial charge in [0, 0.05) is 52.4 Å². The number of ether oxygens (including phenoxy) is 1. The number of carbonyl (C=O) groups excluding carboxylic acids is 1. The quantitative estimate of drug-likeness (QED) is 0.429. The van der Waals surface area contributed by atoms with E-state index in [1.807, 2.05) is 19.2 Å². The fraction of sp³-hybridized carbons (Fsp3) is 0.519. The van der Waals surface area contributed by atoms with Crippen LogP contribution in [0.4, 0.5) is 0 Å². The van der Waals surface area contributed by atoms with Crippen molar-refractivity contribution in [2.75, 3.05) is 53.4 Å². The summed E-state index contributed by atoms with van der Waals surface area (Å²) in [6.07, 6.45) is 1.98. The molecule has 1 aliphatic rings. The van der Waals surface area contributed by atoms with Gasteiger partial charge in [-0.2, -0.15) is 0 Å². The van der Waals surface area contributed by atoms with Crippen molar-refractivity contribution >= 4 is 16.9 Å². The largest absolute Gasteiger partial charge is 0.482 e. The zero-order chi connectivity index (χ0) is 25.2. The maximum Gasteiger partial charge on any atom is 0.257 e. The molecule has 1 atom stereocenters. The van der Waals surface area contributed by atoms with Gasteiger partial charge in [0.25, 0.3) is 5.91 Å². The van der Waals surface area contributed by atoms with Crippen molar-refractivity contribution in [1.82, 2.24) is 19.4 Å². The van der Waals surface area contributed by atoms with Gasteiger partial charge in [-0.15, -0.1) is 0 Å². The Labute approximate surface area is 213 Å². The number of amides is 1. The second kappa shape index (κ2) is 13.7. The summed E-state index contributed by atoms with van der Waals surface area (Å²) in [6, 6.07) is 16.3. The molecule has 35 heavy (non-hydrogen) atoms. The van der Waals surface area contributed by atoms with E-state index in [-0.39, 0.29) is 12.5 Å². The number of fused-ring (bicyclic) bond motifs is 1. The molecular formula is C27H40N4O3S. The van der Waals surface area contributed by atoms with Crippen LogP contribution in [-0.2, 0) is 28.7 Å². The summed E-state index contributed by atoms with van der Waals surface area (Å²) in [4.78, 5) is 17.6. The monoisotopic (exact) mass is 500 g/mol. The van der Waals surface area contributed by atoms with Crippen molar-refractivity contribution in [3.05, 3.63) is 59.7 Å². The number of likely N-dealkylation sites (N-methyl/N-ethyl adjacent to an activating group) is 2. The lowest BCUT2D eigenvalue weighted by Gasteiger charge is -2.28. The number of benzene rings is 2. The summed E-state index contributed by atoms with van der Waals surface area (Å²) in [5.74, 6) is 0.318. The third-order valence-electron chi connectivity index (χ3n) is 6.51. The van der Waals surface area contributed by atoms with Crippen LogP contribution in [0.3, 0.4) is 0 Å². The van der Waals surface area contributed by atoms with Gasteiger partial charge < -0.3 is 15.0 Å². The maximum absolute atomic E-state index is 13.1. The SMILES string of the molecule is CC(C)N(C)CCN(C)S(=O)c1ccccc1OCC(=O)NCCCN1CCc2ccccc2C1. The van der Waals surface area contributed by atoms with Crippen molar-refractivity contribution in [3.8, 4) is 5.75 Å². The Morgan fingerprint density at radius 2 is 1.80 bits per heavy atom. The highest BCUT2D eigenvalue weighted by Gasteiger charge is 2.18.